The second kappa shape index (κ2) is 4.98. The van der Waals surface area contributed by atoms with Gasteiger partial charge in [-0.25, -0.2) is 0 Å². The summed E-state index contributed by atoms with van der Waals surface area (Å²) in [5.41, 5.74) is 5.74. The van der Waals surface area contributed by atoms with Gasteiger partial charge < -0.3 is 5.11 Å². The van der Waals surface area contributed by atoms with Crippen molar-refractivity contribution >= 4 is 5.97 Å². The summed E-state index contributed by atoms with van der Waals surface area (Å²) < 4.78 is 0. The van der Waals surface area contributed by atoms with Crippen molar-refractivity contribution < 1.29 is 9.90 Å². The molecule has 2 aromatic rings. The number of fused-ring (bicyclic) bond motifs is 1. The molecule has 22 heavy (non-hydrogen) atoms. The Morgan fingerprint density at radius 2 is 1.50 bits per heavy atom. The van der Waals surface area contributed by atoms with Crippen LogP contribution in [0.25, 0.3) is 11.1 Å². The predicted octanol–water partition coefficient (Wildman–Crippen LogP) is 4.35. The minimum Gasteiger partial charge on any atom is -0.481 e. The average Bonchev–Trinajstić information content (AvgIpc) is 3.36. The Morgan fingerprint density at radius 3 is 2.14 bits per heavy atom. The first-order valence-electron chi connectivity index (χ1n) is 8.15. The van der Waals surface area contributed by atoms with Gasteiger partial charge in [0, 0.05) is 0 Å². The molecule has 0 radical (unpaired) electrons. The van der Waals surface area contributed by atoms with E-state index in [0.29, 0.717) is 0 Å². The van der Waals surface area contributed by atoms with Crippen LogP contribution in [0.1, 0.15) is 42.4 Å². The largest absolute Gasteiger partial charge is 0.481 e. The molecule has 2 aliphatic rings. The first kappa shape index (κ1) is 13.6. The molecule has 0 bridgehead atoms. The summed E-state index contributed by atoms with van der Waals surface area (Å²) in [5.74, 6) is -0.686. The summed E-state index contributed by atoms with van der Waals surface area (Å²) in [6.07, 6.45) is 6.51. The van der Waals surface area contributed by atoms with Crippen molar-refractivity contribution in [3.63, 3.8) is 0 Å². The van der Waals surface area contributed by atoms with Crippen LogP contribution in [0.5, 0.6) is 0 Å². The molecule has 2 aliphatic carbocycles. The summed E-state index contributed by atoms with van der Waals surface area (Å²) in [5, 5.41) is 9.38. The van der Waals surface area contributed by atoms with Gasteiger partial charge in [0.25, 0.3) is 0 Å². The lowest BCUT2D eigenvalue weighted by Gasteiger charge is -2.17. The molecule has 1 fully saturated rings. The van der Waals surface area contributed by atoms with Gasteiger partial charge in [-0.1, -0.05) is 42.5 Å². The van der Waals surface area contributed by atoms with Gasteiger partial charge >= 0.3 is 5.97 Å². The number of hydrogen-bond donors (Lipinski definition) is 1. The molecule has 2 heteroatoms. The van der Waals surface area contributed by atoms with Gasteiger partial charge in [-0.05, 0) is 66.3 Å². The smallest absolute Gasteiger partial charge is 0.314 e. The Labute approximate surface area is 130 Å². The Balaban J connectivity index is 1.65. The zero-order chi connectivity index (χ0) is 15.2. The monoisotopic (exact) mass is 292 g/mol. The summed E-state index contributed by atoms with van der Waals surface area (Å²) in [7, 11) is 0. The van der Waals surface area contributed by atoms with Gasteiger partial charge in [0.15, 0.2) is 0 Å². The molecule has 112 valence electrons. The molecule has 0 spiro atoms. The number of carboxylic acid groups (broad SMARTS) is 1. The summed E-state index contributed by atoms with van der Waals surface area (Å²) in [4.78, 5) is 11.4. The molecule has 0 aliphatic heterocycles. The fourth-order valence-corrected chi connectivity index (χ4v) is 3.65. The third-order valence-electron chi connectivity index (χ3n) is 5.28. The number of benzene rings is 2. The topological polar surface area (TPSA) is 37.3 Å². The third-order valence-corrected chi connectivity index (χ3v) is 5.28. The molecular weight excluding hydrogens is 272 g/mol. The highest BCUT2D eigenvalue weighted by molar-refractivity contribution is 5.85. The van der Waals surface area contributed by atoms with E-state index in [1.807, 2.05) is 12.1 Å². The van der Waals surface area contributed by atoms with E-state index < -0.39 is 11.4 Å². The Morgan fingerprint density at radius 1 is 0.864 bits per heavy atom. The van der Waals surface area contributed by atoms with Crippen LogP contribution in [0, 0.1) is 0 Å². The van der Waals surface area contributed by atoms with Crippen LogP contribution < -0.4 is 0 Å². The fourth-order valence-electron chi connectivity index (χ4n) is 3.65. The Hall–Kier alpha value is -2.09. The van der Waals surface area contributed by atoms with Crippen LogP contribution in [-0.4, -0.2) is 11.1 Å². The second-order valence-corrected chi connectivity index (χ2v) is 6.66. The highest BCUT2D eigenvalue weighted by atomic mass is 16.4. The van der Waals surface area contributed by atoms with Gasteiger partial charge in [-0.3, -0.25) is 4.79 Å². The van der Waals surface area contributed by atoms with E-state index in [1.165, 1.54) is 47.9 Å². The fraction of sp³-hybridized carbons (Fsp3) is 0.350. The normalized spacial score (nSPS) is 18.5. The van der Waals surface area contributed by atoms with E-state index in [9.17, 15) is 9.90 Å². The maximum atomic E-state index is 11.4. The molecule has 0 heterocycles. The molecule has 0 aromatic heterocycles. The molecule has 0 unspecified atom stereocenters. The van der Waals surface area contributed by atoms with E-state index >= 15 is 0 Å². The zero-order valence-corrected chi connectivity index (χ0v) is 12.6. The number of carbonyl (C=O) groups is 1. The number of aliphatic carboxylic acids is 1. The van der Waals surface area contributed by atoms with Gasteiger partial charge in [-0.2, -0.15) is 0 Å². The summed E-state index contributed by atoms with van der Waals surface area (Å²) in [6, 6.07) is 14.9. The van der Waals surface area contributed by atoms with E-state index in [2.05, 4.69) is 30.3 Å². The van der Waals surface area contributed by atoms with Crippen molar-refractivity contribution in [1.29, 1.82) is 0 Å². The van der Waals surface area contributed by atoms with Crippen LogP contribution in [-0.2, 0) is 23.1 Å². The average molecular weight is 292 g/mol. The predicted molar refractivity (Wildman–Crippen MR) is 87.1 cm³/mol. The molecule has 0 atom stereocenters. The molecule has 1 N–H and O–H groups in total. The quantitative estimate of drug-likeness (QED) is 0.913. The molecular formula is C20H20O2. The highest BCUT2D eigenvalue weighted by Crippen LogP contribution is 2.48. The standard InChI is InChI=1S/C20H20O2/c21-19(22)20(11-12-20)18-9-7-15(8-10-18)17-6-5-14-3-1-2-4-16(14)13-17/h5-10,13H,1-4,11-12H2,(H,21,22). The van der Waals surface area contributed by atoms with Crippen molar-refractivity contribution in [2.45, 2.75) is 43.9 Å². The number of carboxylic acids is 1. The van der Waals surface area contributed by atoms with E-state index in [-0.39, 0.29) is 0 Å². The minimum absolute atomic E-state index is 0.603. The summed E-state index contributed by atoms with van der Waals surface area (Å²) in [6.45, 7) is 0. The lowest BCUT2D eigenvalue weighted by Crippen LogP contribution is -2.19. The molecule has 2 nitrogen and oxygen atoms in total. The van der Waals surface area contributed by atoms with Crippen molar-refractivity contribution in [3.8, 4) is 11.1 Å². The molecule has 1 saturated carbocycles. The molecule has 0 amide bonds. The zero-order valence-electron chi connectivity index (χ0n) is 12.6. The Bertz CT molecular complexity index is 724. The van der Waals surface area contributed by atoms with E-state index in [4.69, 9.17) is 0 Å². The van der Waals surface area contributed by atoms with Crippen molar-refractivity contribution in [2.24, 2.45) is 0 Å². The highest BCUT2D eigenvalue weighted by Gasteiger charge is 2.51. The van der Waals surface area contributed by atoms with Crippen LogP contribution in [0.2, 0.25) is 0 Å². The van der Waals surface area contributed by atoms with Crippen molar-refractivity contribution in [1.82, 2.24) is 0 Å². The Kier molecular flexibility index (Phi) is 3.07. The second-order valence-electron chi connectivity index (χ2n) is 6.66. The third kappa shape index (κ3) is 2.14. The maximum Gasteiger partial charge on any atom is 0.314 e. The first-order valence-corrected chi connectivity index (χ1v) is 8.15. The molecule has 0 saturated heterocycles. The first-order chi connectivity index (χ1) is 10.7. The van der Waals surface area contributed by atoms with Gasteiger partial charge in [0.1, 0.15) is 0 Å². The molecule has 4 rings (SSSR count). The van der Waals surface area contributed by atoms with Crippen LogP contribution >= 0.6 is 0 Å². The van der Waals surface area contributed by atoms with Crippen LogP contribution in [0.3, 0.4) is 0 Å². The molecule has 2 aromatic carbocycles. The van der Waals surface area contributed by atoms with Crippen LogP contribution in [0.4, 0.5) is 0 Å². The summed E-state index contributed by atoms with van der Waals surface area (Å²) >= 11 is 0. The number of rotatable bonds is 3. The maximum absolute atomic E-state index is 11.4. The van der Waals surface area contributed by atoms with Crippen molar-refractivity contribution in [3.05, 3.63) is 59.2 Å². The lowest BCUT2D eigenvalue weighted by molar-refractivity contribution is -0.140. The van der Waals surface area contributed by atoms with E-state index in [1.54, 1.807) is 0 Å². The lowest BCUT2D eigenvalue weighted by atomic mass is 9.88. The SMILES string of the molecule is O=C(O)C1(c2ccc(-c3ccc4c(c3)CCCC4)cc2)CC1. The minimum atomic E-state index is -0.686. The van der Waals surface area contributed by atoms with Gasteiger partial charge in [-0.15, -0.1) is 0 Å². The number of aryl methyl sites for hydroxylation is 2. The van der Waals surface area contributed by atoms with Crippen molar-refractivity contribution in [2.75, 3.05) is 0 Å². The van der Waals surface area contributed by atoms with E-state index in [0.717, 1.165) is 18.4 Å². The van der Waals surface area contributed by atoms with Gasteiger partial charge in [0.2, 0.25) is 0 Å². The van der Waals surface area contributed by atoms with Crippen LogP contribution in [0.15, 0.2) is 42.5 Å². The number of hydrogen-bond acceptors (Lipinski definition) is 1. The van der Waals surface area contributed by atoms with Gasteiger partial charge in [0.05, 0.1) is 5.41 Å².